The molecule has 0 unspecified atom stereocenters. The molecule has 2 aromatic carbocycles. The zero-order valence-corrected chi connectivity index (χ0v) is 18.9. The van der Waals surface area contributed by atoms with Gasteiger partial charge in [0.2, 0.25) is 0 Å². The summed E-state index contributed by atoms with van der Waals surface area (Å²) in [5, 5.41) is 4.26. The van der Waals surface area contributed by atoms with Crippen LogP contribution in [0.25, 0.3) is 33.5 Å². The van der Waals surface area contributed by atoms with Crippen molar-refractivity contribution in [2.45, 2.75) is 32.6 Å². The second kappa shape index (κ2) is 8.16. The van der Waals surface area contributed by atoms with Crippen LogP contribution >= 0.6 is 0 Å². The van der Waals surface area contributed by atoms with E-state index in [1.807, 2.05) is 60.5 Å². The standard InChI is InChI=1S/C25H23F3N6/c1-15(2)34-14-30-21-23(29-13-16-5-4-6-19(11-16)25(26,27)28)31-22(32-24(21)34)18-7-8-20-17(12-18)9-10-33(20)3/h4-12,14-15H,13H2,1-3H3,(H,29,31,32). The SMILES string of the molecule is CC(C)n1cnc2c(NCc3cccc(C(F)(F)F)c3)nc(-c3ccc4c(ccn4C)c3)nc21. The van der Waals surface area contributed by atoms with E-state index in [4.69, 9.17) is 9.97 Å². The molecular weight excluding hydrogens is 441 g/mol. The van der Waals surface area contributed by atoms with Gasteiger partial charge in [-0.2, -0.15) is 13.2 Å². The number of benzene rings is 2. The van der Waals surface area contributed by atoms with E-state index in [0.29, 0.717) is 28.4 Å². The molecule has 0 radical (unpaired) electrons. The number of fused-ring (bicyclic) bond motifs is 2. The Bertz CT molecular complexity index is 1500. The fourth-order valence-electron chi connectivity index (χ4n) is 4.01. The normalized spacial score (nSPS) is 12.2. The molecule has 0 aliphatic heterocycles. The Balaban J connectivity index is 1.56. The smallest absolute Gasteiger partial charge is 0.364 e. The maximum atomic E-state index is 13.1. The van der Waals surface area contributed by atoms with Crippen molar-refractivity contribution in [1.29, 1.82) is 0 Å². The highest BCUT2D eigenvalue weighted by atomic mass is 19.4. The molecule has 0 aliphatic carbocycles. The summed E-state index contributed by atoms with van der Waals surface area (Å²) >= 11 is 0. The van der Waals surface area contributed by atoms with Crippen molar-refractivity contribution in [1.82, 2.24) is 24.1 Å². The summed E-state index contributed by atoms with van der Waals surface area (Å²) in [6, 6.07) is 13.4. The lowest BCUT2D eigenvalue weighted by molar-refractivity contribution is -0.137. The number of hydrogen-bond donors (Lipinski definition) is 1. The first-order chi connectivity index (χ1) is 16.2. The number of nitrogens with zero attached hydrogens (tertiary/aromatic N) is 5. The van der Waals surface area contributed by atoms with E-state index in [-0.39, 0.29) is 12.6 Å². The van der Waals surface area contributed by atoms with E-state index in [0.717, 1.165) is 28.6 Å². The number of imidazole rings is 1. The Labute approximate surface area is 194 Å². The molecule has 0 aliphatic rings. The second-order valence-corrected chi connectivity index (χ2v) is 8.57. The van der Waals surface area contributed by atoms with Gasteiger partial charge in [0.25, 0.3) is 0 Å². The molecule has 174 valence electrons. The van der Waals surface area contributed by atoms with Gasteiger partial charge in [0.1, 0.15) is 5.52 Å². The minimum atomic E-state index is -4.39. The molecule has 0 spiro atoms. The maximum absolute atomic E-state index is 13.1. The van der Waals surface area contributed by atoms with E-state index >= 15 is 0 Å². The Morgan fingerprint density at radius 3 is 2.62 bits per heavy atom. The Morgan fingerprint density at radius 1 is 1.03 bits per heavy atom. The van der Waals surface area contributed by atoms with Gasteiger partial charge in [-0.1, -0.05) is 12.1 Å². The zero-order chi connectivity index (χ0) is 24.0. The van der Waals surface area contributed by atoms with E-state index in [2.05, 4.69) is 10.3 Å². The van der Waals surface area contributed by atoms with Crippen LogP contribution < -0.4 is 5.32 Å². The fourth-order valence-corrected chi connectivity index (χ4v) is 4.01. The molecule has 1 N–H and O–H groups in total. The predicted octanol–water partition coefficient (Wildman–Crippen LogP) is 6.20. The number of halogens is 3. The lowest BCUT2D eigenvalue weighted by Crippen LogP contribution is -2.08. The minimum absolute atomic E-state index is 0.126. The second-order valence-electron chi connectivity index (χ2n) is 8.57. The average Bonchev–Trinajstić information content (AvgIpc) is 3.40. The van der Waals surface area contributed by atoms with Crippen molar-refractivity contribution in [2.24, 2.45) is 7.05 Å². The van der Waals surface area contributed by atoms with Crippen LogP contribution in [0.4, 0.5) is 19.0 Å². The van der Waals surface area contributed by atoms with E-state index < -0.39 is 11.7 Å². The number of alkyl halides is 3. The molecule has 6 nitrogen and oxygen atoms in total. The zero-order valence-electron chi connectivity index (χ0n) is 18.9. The lowest BCUT2D eigenvalue weighted by atomic mass is 10.1. The van der Waals surface area contributed by atoms with Gasteiger partial charge in [-0.05, 0) is 55.8 Å². The van der Waals surface area contributed by atoms with Crippen LogP contribution in [0.1, 0.15) is 31.0 Å². The molecule has 0 saturated carbocycles. The first-order valence-electron chi connectivity index (χ1n) is 10.9. The summed E-state index contributed by atoms with van der Waals surface area (Å²) < 4.78 is 43.3. The third-order valence-electron chi connectivity index (χ3n) is 5.84. The number of rotatable bonds is 5. The van der Waals surface area contributed by atoms with E-state index in [1.165, 1.54) is 6.07 Å². The molecular formula is C25H23F3N6. The maximum Gasteiger partial charge on any atom is 0.416 e. The Hall–Kier alpha value is -3.88. The van der Waals surface area contributed by atoms with Crippen LogP contribution in [0.2, 0.25) is 0 Å². The molecule has 34 heavy (non-hydrogen) atoms. The van der Waals surface area contributed by atoms with Gasteiger partial charge in [0, 0.05) is 42.3 Å². The molecule has 0 bridgehead atoms. The molecule has 0 saturated heterocycles. The highest BCUT2D eigenvalue weighted by Crippen LogP contribution is 2.31. The Kier molecular flexibility index (Phi) is 5.27. The molecule has 5 aromatic rings. The Morgan fingerprint density at radius 2 is 1.85 bits per heavy atom. The first kappa shape index (κ1) is 21.9. The third kappa shape index (κ3) is 3.98. The number of anilines is 1. The monoisotopic (exact) mass is 464 g/mol. The minimum Gasteiger partial charge on any atom is -0.364 e. The predicted molar refractivity (Wildman–Crippen MR) is 126 cm³/mol. The van der Waals surface area contributed by atoms with Crippen molar-refractivity contribution in [3.63, 3.8) is 0 Å². The number of aromatic nitrogens is 5. The number of nitrogens with one attached hydrogen (secondary N) is 1. The first-order valence-corrected chi connectivity index (χ1v) is 10.9. The van der Waals surface area contributed by atoms with Gasteiger partial charge in [0.15, 0.2) is 17.3 Å². The molecule has 3 aromatic heterocycles. The molecule has 0 fully saturated rings. The van der Waals surface area contributed by atoms with Crippen LogP contribution in [-0.2, 0) is 19.8 Å². The van der Waals surface area contributed by atoms with Gasteiger partial charge < -0.3 is 14.5 Å². The van der Waals surface area contributed by atoms with Crippen LogP contribution in [0.5, 0.6) is 0 Å². The topological polar surface area (TPSA) is 60.6 Å². The van der Waals surface area contributed by atoms with Crippen LogP contribution in [-0.4, -0.2) is 24.1 Å². The van der Waals surface area contributed by atoms with Crippen molar-refractivity contribution >= 4 is 27.9 Å². The summed E-state index contributed by atoms with van der Waals surface area (Å²) in [4.78, 5) is 14.0. The van der Waals surface area contributed by atoms with Gasteiger partial charge >= 0.3 is 6.18 Å². The summed E-state index contributed by atoms with van der Waals surface area (Å²) in [6.07, 6.45) is -0.685. The summed E-state index contributed by atoms with van der Waals surface area (Å²) in [5.41, 5.74) is 3.00. The van der Waals surface area contributed by atoms with Gasteiger partial charge in [-0.25, -0.2) is 15.0 Å². The third-order valence-corrected chi connectivity index (χ3v) is 5.84. The van der Waals surface area contributed by atoms with Crippen molar-refractivity contribution in [3.05, 3.63) is 72.2 Å². The van der Waals surface area contributed by atoms with Crippen molar-refractivity contribution in [3.8, 4) is 11.4 Å². The summed E-state index contributed by atoms with van der Waals surface area (Å²) in [6.45, 7) is 4.24. The van der Waals surface area contributed by atoms with Crippen LogP contribution in [0, 0.1) is 0 Å². The van der Waals surface area contributed by atoms with Gasteiger partial charge in [0.05, 0.1) is 11.9 Å². The van der Waals surface area contributed by atoms with Gasteiger partial charge in [-0.3, -0.25) is 0 Å². The van der Waals surface area contributed by atoms with Crippen molar-refractivity contribution in [2.75, 3.05) is 5.32 Å². The number of aryl methyl sites for hydroxylation is 1. The van der Waals surface area contributed by atoms with Gasteiger partial charge in [-0.15, -0.1) is 0 Å². The largest absolute Gasteiger partial charge is 0.416 e. The highest BCUT2D eigenvalue weighted by molar-refractivity contribution is 5.88. The molecule has 5 rings (SSSR count). The number of hydrogen-bond acceptors (Lipinski definition) is 4. The summed E-state index contributed by atoms with van der Waals surface area (Å²) in [7, 11) is 1.99. The average molecular weight is 464 g/mol. The molecule has 0 atom stereocenters. The van der Waals surface area contributed by atoms with E-state index in [9.17, 15) is 13.2 Å². The quantitative estimate of drug-likeness (QED) is 0.337. The highest BCUT2D eigenvalue weighted by Gasteiger charge is 2.30. The lowest BCUT2D eigenvalue weighted by Gasteiger charge is -2.12. The van der Waals surface area contributed by atoms with Crippen molar-refractivity contribution < 1.29 is 13.2 Å². The van der Waals surface area contributed by atoms with Crippen LogP contribution in [0.15, 0.2) is 61.1 Å². The fraction of sp³-hybridized carbons (Fsp3) is 0.240. The molecule has 9 heteroatoms. The molecule has 0 amide bonds. The van der Waals surface area contributed by atoms with E-state index in [1.54, 1.807) is 12.4 Å². The molecule has 3 heterocycles. The van der Waals surface area contributed by atoms with Crippen LogP contribution in [0.3, 0.4) is 0 Å². The summed E-state index contributed by atoms with van der Waals surface area (Å²) in [5.74, 6) is 0.997.